The van der Waals surface area contributed by atoms with Crippen molar-refractivity contribution in [3.05, 3.63) is 29.8 Å². The molecule has 1 aromatic carbocycles. The number of benzene rings is 1. The first-order valence-corrected chi connectivity index (χ1v) is 5.84. The molecule has 18 heavy (non-hydrogen) atoms. The maximum atomic E-state index is 11.6. The van der Waals surface area contributed by atoms with Crippen LogP contribution in [0.1, 0.15) is 12.5 Å². The Hall–Kier alpha value is -1.88. The van der Waals surface area contributed by atoms with Gasteiger partial charge in [-0.1, -0.05) is 12.1 Å². The molecule has 0 aliphatic heterocycles. The third-order valence-electron chi connectivity index (χ3n) is 2.69. The van der Waals surface area contributed by atoms with Gasteiger partial charge in [0.1, 0.15) is 0 Å². The zero-order valence-corrected chi connectivity index (χ0v) is 10.9. The summed E-state index contributed by atoms with van der Waals surface area (Å²) < 4.78 is 0. The number of hydrogen-bond donors (Lipinski definition) is 3. The van der Waals surface area contributed by atoms with Crippen molar-refractivity contribution in [1.29, 1.82) is 0 Å². The van der Waals surface area contributed by atoms with Gasteiger partial charge in [0.05, 0.1) is 12.5 Å². The van der Waals surface area contributed by atoms with Crippen molar-refractivity contribution < 1.29 is 9.59 Å². The second-order valence-electron chi connectivity index (χ2n) is 4.05. The molecule has 1 aromatic rings. The van der Waals surface area contributed by atoms with Crippen LogP contribution in [0.3, 0.4) is 0 Å². The van der Waals surface area contributed by atoms with Gasteiger partial charge >= 0.3 is 0 Å². The van der Waals surface area contributed by atoms with Crippen LogP contribution in [0.15, 0.2) is 24.3 Å². The highest BCUT2D eigenvalue weighted by atomic mass is 16.2. The average molecular weight is 249 g/mol. The molecule has 0 bridgehead atoms. The molecule has 0 heterocycles. The first kappa shape index (κ1) is 14.2. The Morgan fingerprint density at radius 3 is 2.28 bits per heavy atom. The zero-order chi connectivity index (χ0) is 13.5. The lowest BCUT2D eigenvalue weighted by Crippen LogP contribution is -2.35. The molecule has 0 aromatic heterocycles. The zero-order valence-electron chi connectivity index (χ0n) is 10.9. The van der Waals surface area contributed by atoms with Crippen molar-refractivity contribution in [2.24, 2.45) is 0 Å². The monoisotopic (exact) mass is 249 g/mol. The molecule has 2 amide bonds. The lowest BCUT2D eigenvalue weighted by molar-refractivity contribution is -0.120. The van der Waals surface area contributed by atoms with Crippen LogP contribution in [0.4, 0.5) is 5.69 Å². The minimum absolute atomic E-state index is 0.0319. The predicted octanol–water partition coefficient (Wildman–Crippen LogP) is 0.521. The largest absolute Gasteiger partial charge is 0.359 e. The second-order valence-corrected chi connectivity index (χ2v) is 4.05. The van der Waals surface area contributed by atoms with E-state index in [9.17, 15) is 9.59 Å². The fraction of sp³-hybridized carbons (Fsp3) is 0.385. The van der Waals surface area contributed by atoms with Crippen molar-refractivity contribution >= 4 is 17.5 Å². The number of rotatable bonds is 5. The molecule has 98 valence electrons. The Morgan fingerprint density at radius 1 is 1.17 bits per heavy atom. The standard InChI is InChI=1S/C13H19N3O2/c1-9(14-2)13(18)16-11-6-4-10(5-7-11)8-12(17)15-3/h4-7,9,14H,8H2,1-3H3,(H,15,17)(H,16,18). The van der Waals surface area contributed by atoms with Crippen molar-refractivity contribution in [2.45, 2.75) is 19.4 Å². The fourth-order valence-electron chi connectivity index (χ4n) is 1.36. The van der Waals surface area contributed by atoms with Gasteiger partial charge in [0, 0.05) is 12.7 Å². The van der Waals surface area contributed by atoms with E-state index >= 15 is 0 Å². The fourth-order valence-corrected chi connectivity index (χ4v) is 1.36. The van der Waals surface area contributed by atoms with Crippen LogP contribution in [0.25, 0.3) is 0 Å². The first-order chi connectivity index (χ1) is 8.56. The SMILES string of the molecule is CNC(=O)Cc1ccc(NC(=O)C(C)NC)cc1. The molecular weight excluding hydrogens is 230 g/mol. The van der Waals surface area contributed by atoms with Gasteiger partial charge in [-0.05, 0) is 31.7 Å². The van der Waals surface area contributed by atoms with Crippen LogP contribution < -0.4 is 16.0 Å². The third-order valence-corrected chi connectivity index (χ3v) is 2.69. The van der Waals surface area contributed by atoms with Crippen LogP contribution in [0.2, 0.25) is 0 Å². The van der Waals surface area contributed by atoms with Crippen LogP contribution >= 0.6 is 0 Å². The number of hydrogen-bond acceptors (Lipinski definition) is 3. The van der Waals surface area contributed by atoms with Gasteiger partial charge in [0.15, 0.2) is 0 Å². The van der Waals surface area contributed by atoms with E-state index in [0.717, 1.165) is 11.3 Å². The van der Waals surface area contributed by atoms with E-state index in [0.29, 0.717) is 6.42 Å². The number of amides is 2. The maximum absolute atomic E-state index is 11.6. The Kier molecular flexibility index (Phi) is 5.32. The van der Waals surface area contributed by atoms with Gasteiger partial charge in [-0.15, -0.1) is 0 Å². The molecule has 0 aliphatic rings. The topological polar surface area (TPSA) is 70.2 Å². The minimum atomic E-state index is -0.240. The number of carbonyl (C=O) groups excluding carboxylic acids is 2. The summed E-state index contributed by atoms with van der Waals surface area (Å²) in [7, 11) is 3.34. The summed E-state index contributed by atoms with van der Waals surface area (Å²) in [5.41, 5.74) is 1.64. The third kappa shape index (κ3) is 4.18. The van der Waals surface area contributed by atoms with Crippen LogP contribution in [0, 0.1) is 0 Å². The number of carbonyl (C=O) groups is 2. The average Bonchev–Trinajstić information content (AvgIpc) is 2.39. The van der Waals surface area contributed by atoms with Gasteiger partial charge in [0.2, 0.25) is 11.8 Å². The Morgan fingerprint density at radius 2 is 1.78 bits per heavy atom. The summed E-state index contributed by atoms with van der Waals surface area (Å²) in [6.07, 6.45) is 0.345. The highest BCUT2D eigenvalue weighted by molar-refractivity contribution is 5.94. The number of likely N-dealkylation sites (N-methyl/N-ethyl adjacent to an activating group) is 2. The van der Waals surface area contributed by atoms with E-state index < -0.39 is 0 Å². The van der Waals surface area contributed by atoms with E-state index in [1.165, 1.54) is 0 Å². The second kappa shape index (κ2) is 6.76. The van der Waals surface area contributed by atoms with Crippen molar-refractivity contribution in [3.63, 3.8) is 0 Å². The molecule has 3 N–H and O–H groups in total. The molecule has 1 rings (SSSR count). The molecule has 0 fully saturated rings. The van der Waals surface area contributed by atoms with Crippen LogP contribution in [-0.2, 0) is 16.0 Å². The summed E-state index contributed by atoms with van der Waals surface area (Å²) in [6.45, 7) is 1.79. The van der Waals surface area contributed by atoms with Gasteiger partial charge in [0.25, 0.3) is 0 Å². The van der Waals surface area contributed by atoms with Crippen molar-refractivity contribution in [3.8, 4) is 0 Å². The summed E-state index contributed by atoms with van der Waals surface area (Å²) in [4.78, 5) is 22.8. The molecule has 0 aliphatic carbocycles. The van der Waals surface area contributed by atoms with E-state index in [-0.39, 0.29) is 17.9 Å². The Labute approximate surface area is 107 Å². The molecule has 0 saturated heterocycles. The normalized spacial score (nSPS) is 11.7. The number of anilines is 1. The molecule has 0 spiro atoms. The quantitative estimate of drug-likeness (QED) is 0.712. The van der Waals surface area contributed by atoms with Crippen LogP contribution in [-0.4, -0.2) is 32.0 Å². The molecular formula is C13H19N3O2. The van der Waals surface area contributed by atoms with Crippen molar-refractivity contribution in [2.75, 3.05) is 19.4 Å². The highest BCUT2D eigenvalue weighted by Crippen LogP contribution is 2.10. The van der Waals surface area contributed by atoms with E-state index in [4.69, 9.17) is 0 Å². The van der Waals surface area contributed by atoms with E-state index in [2.05, 4.69) is 16.0 Å². The molecule has 1 atom stereocenters. The first-order valence-electron chi connectivity index (χ1n) is 5.84. The highest BCUT2D eigenvalue weighted by Gasteiger charge is 2.10. The van der Waals surface area contributed by atoms with Crippen molar-refractivity contribution in [1.82, 2.24) is 10.6 Å². The molecule has 5 heteroatoms. The van der Waals surface area contributed by atoms with Gasteiger partial charge < -0.3 is 16.0 Å². The van der Waals surface area contributed by atoms with Crippen LogP contribution in [0.5, 0.6) is 0 Å². The summed E-state index contributed by atoms with van der Waals surface area (Å²) >= 11 is 0. The Balaban J connectivity index is 2.60. The molecule has 0 saturated carbocycles. The lowest BCUT2D eigenvalue weighted by Gasteiger charge is -2.11. The maximum Gasteiger partial charge on any atom is 0.241 e. The summed E-state index contributed by atoms with van der Waals surface area (Å²) in [6, 6.07) is 7.00. The molecule has 0 radical (unpaired) electrons. The number of nitrogens with one attached hydrogen (secondary N) is 3. The summed E-state index contributed by atoms with van der Waals surface area (Å²) in [5.74, 6) is -0.118. The Bertz CT molecular complexity index is 415. The van der Waals surface area contributed by atoms with E-state index in [1.807, 2.05) is 12.1 Å². The molecule has 1 unspecified atom stereocenters. The van der Waals surface area contributed by atoms with Gasteiger partial charge in [-0.3, -0.25) is 9.59 Å². The van der Waals surface area contributed by atoms with E-state index in [1.54, 1.807) is 33.2 Å². The smallest absolute Gasteiger partial charge is 0.241 e. The van der Waals surface area contributed by atoms with Gasteiger partial charge in [-0.25, -0.2) is 0 Å². The van der Waals surface area contributed by atoms with Gasteiger partial charge in [-0.2, -0.15) is 0 Å². The molecule has 5 nitrogen and oxygen atoms in total. The summed E-state index contributed by atoms with van der Waals surface area (Å²) in [5, 5.41) is 8.22. The predicted molar refractivity (Wildman–Crippen MR) is 71.4 cm³/mol. The minimum Gasteiger partial charge on any atom is -0.359 e. The lowest BCUT2D eigenvalue weighted by atomic mass is 10.1.